The second kappa shape index (κ2) is 9.79. The van der Waals surface area contributed by atoms with Gasteiger partial charge in [0.1, 0.15) is 12.4 Å². The lowest BCUT2D eigenvalue weighted by atomic mass is 9.92. The summed E-state index contributed by atoms with van der Waals surface area (Å²) in [5.74, 6) is 1.08. The first-order chi connectivity index (χ1) is 11.5. The largest absolute Gasteiger partial charge is 0.490 e. The number of halogens is 2. The fraction of sp³-hybridized carbons (Fsp3) is 0.632. The van der Waals surface area contributed by atoms with Gasteiger partial charge in [-0.3, -0.25) is 4.79 Å². The molecule has 26 heavy (non-hydrogen) atoms. The van der Waals surface area contributed by atoms with E-state index in [1.165, 1.54) is 0 Å². The highest BCUT2D eigenvalue weighted by Crippen LogP contribution is 2.58. The first-order valence-electron chi connectivity index (χ1n) is 8.90. The molecule has 5 nitrogen and oxygen atoms in total. The van der Waals surface area contributed by atoms with E-state index in [4.69, 9.17) is 4.74 Å². The van der Waals surface area contributed by atoms with Crippen LogP contribution >= 0.6 is 24.8 Å². The summed E-state index contributed by atoms with van der Waals surface area (Å²) in [5, 5.41) is 6.49. The zero-order valence-electron chi connectivity index (χ0n) is 15.8. The number of hydrogen-bond donors (Lipinski definition) is 2. The first-order valence-corrected chi connectivity index (χ1v) is 8.90. The number of rotatable bonds is 6. The van der Waals surface area contributed by atoms with Crippen LogP contribution in [-0.4, -0.2) is 51.1 Å². The predicted octanol–water partition coefficient (Wildman–Crippen LogP) is 3.11. The van der Waals surface area contributed by atoms with E-state index in [2.05, 4.69) is 15.5 Å². The average Bonchev–Trinajstić information content (AvgIpc) is 3.23. The summed E-state index contributed by atoms with van der Waals surface area (Å²) in [7, 11) is 4.04. The number of nitrogens with one attached hydrogen (secondary N) is 2. The predicted molar refractivity (Wildman–Crippen MR) is 111 cm³/mol. The number of amides is 1. The topological polar surface area (TPSA) is 53.6 Å². The Kier molecular flexibility index (Phi) is 8.67. The molecule has 1 aliphatic carbocycles. The maximum atomic E-state index is 12.7. The van der Waals surface area contributed by atoms with Gasteiger partial charge in [-0.2, -0.15) is 0 Å². The molecule has 0 radical (unpaired) electrons. The van der Waals surface area contributed by atoms with E-state index >= 15 is 0 Å². The van der Waals surface area contributed by atoms with Crippen molar-refractivity contribution < 1.29 is 9.53 Å². The Hall–Kier alpha value is -1.01. The molecule has 2 fully saturated rings. The third kappa shape index (κ3) is 5.49. The fourth-order valence-corrected chi connectivity index (χ4v) is 3.61. The maximum Gasteiger partial charge on any atom is 0.228 e. The molecule has 3 rings (SSSR count). The fourth-order valence-electron chi connectivity index (χ4n) is 3.61. The maximum absolute atomic E-state index is 12.7. The average molecular weight is 404 g/mol. The molecule has 1 aliphatic heterocycles. The van der Waals surface area contributed by atoms with Crippen molar-refractivity contribution in [2.75, 3.05) is 45.7 Å². The van der Waals surface area contributed by atoms with Gasteiger partial charge in [-0.05, 0) is 76.5 Å². The van der Waals surface area contributed by atoms with Crippen molar-refractivity contribution in [3.63, 3.8) is 0 Å². The zero-order valence-corrected chi connectivity index (χ0v) is 17.5. The minimum Gasteiger partial charge on any atom is -0.490 e. The van der Waals surface area contributed by atoms with Crippen molar-refractivity contribution in [1.82, 2.24) is 10.2 Å². The highest BCUT2D eigenvalue weighted by atomic mass is 35.5. The van der Waals surface area contributed by atoms with Crippen LogP contribution < -0.4 is 15.4 Å². The third-order valence-corrected chi connectivity index (χ3v) is 5.30. The van der Waals surface area contributed by atoms with Crippen LogP contribution in [0, 0.1) is 18.3 Å². The van der Waals surface area contributed by atoms with Gasteiger partial charge < -0.3 is 20.3 Å². The minimum absolute atomic E-state index is 0. The molecule has 1 aromatic rings. The second-order valence-electron chi connectivity index (χ2n) is 7.51. The number of aryl methyl sites for hydroxylation is 1. The molecule has 1 spiro atoms. The molecule has 1 heterocycles. The van der Waals surface area contributed by atoms with Crippen molar-refractivity contribution in [2.45, 2.75) is 26.2 Å². The van der Waals surface area contributed by atoms with Gasteiger partial charge in [0, 0.05) is 12.5 Å². The zero-order chi connectivity index (χ0) is 17.2. The minimum atomic E-state index is 0. The molecule has 1 saturated carbocycles. The van der Waals surface area contributed by atoms with Gasteiger partial charge in [-0.15, -0.1) is 24.8 Å². The Bertz CT molecular complexity index is 604. The molecule has 7 heteroatoms. The molecule has 1 unspecified atom stereocenters. The number of ether oxygens (including phenoxy) is 1. The van der Waals surface area contributed by atoms with E-state index in [-0.39, 0.29) is 42.1 Å². The molecule has 2 aliphatic rings. The standard InChI is InChI=1S/C19H29N3O2.2ClH/c1-14-4-5-16(17(12-14)24-11-10-22(2)3)21-18(23)15-13-19(15)6-8-20-9-7-19;;/h4-5,12,15,20H,6-11,13H2,1-3H3,(H,21,23);2*1H. The highest BCUT2D eigenvalue weighted by Gasteiger charge is 2.57. The molecule has 148 valence electrons. The summed E-state index contributed by atoms with van der Waals surface area (Å²) in [5.41, 5.74) is 2.18. The van der Waals surface area contributed by atoms with E-state index in [0.29, 0.717) is 6.61 Å². The summed E-state index contributed by atoms with van der Waals surface area (Å²) < 4.78 is 5.90. The number of carbonyl (C=O) groups is 1. The number of anilines is 1. The Morgan fingerprint density at radius 2 is 2.00 bits per heavy atom. The van der Waals surface area contributed by atoms with Crippen LogP contribution in [-0.2, 0) is 4.79 Å². The van der Waals surface area contributed by atoms with Crippen LogP contribution in [0.15, 0.2) is 18.2 Å². The molecule has 0 bridgehead atoms. The number of likely N-dealkylation sites (N-methyl/N-ethyl adjacent to an activating group) is 1. The molecule has 0 aromatic heterocycles. The normalized spacial score (nSPS) is 20.1. The first kappa shape index (κ1) is 23.0. The van der Waals surface area contributed by atoms with E-state index < -0.39 is 0 Å². The number of piperidine rings is 1. The van der Waals surface area contributed by atoms with Crippen molar-refractivity contribution in [3.8, 4) is 5.75 Å². The Labute approximate surface area is 169 Å². The third-order valence-electron chi connectivity index (χ3n) is 5.30. The lowest BCUT2D eigenvalue weighted by Gasteiger charge is -2.23. The molecular formula is C19H31Cl2N3O2. The van der Waals surface area contributed by atoms with Crippen molar-refractivity contribution >= 4 is 36.4 Å². The van der Waals surface area contributed by atoms with E-state index in [9.17, 15) is 4.79 Å². The van der Waals surface area contributed by atoms with Gasteiger partial charge >= 0.3 is 0 Å². The Morgan fingerprint density at radius 1 is 1.31 bits per heavy atom. The van der Waals surface area contributed by atoms with Gasteiger partial charge in [0.05, 0.1) is 5.69 Å². The Morgan fingerprint density at radius 3 is 2.65 bits per heavy atom. The van der Waals surface area contributed by atoms with Crippen LogP contribution in [0.5, 0.6) is 5.75 Å². The smallest absolute Gasteiger partial charge is 0.228 e. The SMILES string of the molecule is Cc1ccc(NC(=O)C2CC23CCNCC3)c(OCCN(C)C)c1.Cl.Cl. The highest BCUT2D eigenvalue weighted by molar-refractivity contribution is 5.96. The van der Waals surface area contributed by atoms with Crippen LogP contribution in [0.3, 0.4) is 0 Å². The van der Waals surface area contributed by atoms with Crippen molar-refractivity contribution in [2.24, 2.45) is 11.3 Å². The summed E-state index contributed by atoms with van der Waals surface area (Å²) in [6.07, 6.45) is 3.26. The monoisotopic (exact) mass is 403 g/mol. The van der Waals surface area contributed by atoms with Gasteiger partial charge in [0.2, 0.25) is 5.91 Å². The second-order valence-corrected chi connectivity index (χ2v) is 7.51. The van der Waals surface area contributed by atoms with Crippen molar-refractivity contribution in [1.29, 1.82) is 0 Å². The van der Waals surface area contributed by atoms with E-state index in [1.54, 1.807) is 0 Å². The van der Waals surface area contributed by atoms with Gasteiger partial charge in [0.15, 0.2) is 0 Å². The lowest BCUT2D eigenvalue weighted by Crippen LogP contribution is -2.31. The van der Waals surface area contributed by atoms with Gasteiger partial charge in [0.25, 0.3) is 0 Å². The molecule has 2 N–H and O–H groups in total. The molecule has 1 amide bonds. The number of benzene rings is 1. The summed E-state index contributed by atoms with van der Waals surface area (Å²) >= 11 is 0. The van der Waals surface area contributed by atoms with Crippen LogP contribution in [0.4, 0.5) is 5.69 Å². The number of nitrogens with zero attached hydrogens (tertiary/aromatic N) is 1. The molecule has 1 aromatic carbocycles. The van der Waals surface area contributed by atoms with Gasteiger partial charge in [-0.25, -0.2) is 0 Å². The number of hydrogen-bond acceptors (Lipinski definition) is 4. The van der Waals surface area contributed by atoms with E-state index in [0.717, 1.165) is 55.9 Å². The Balaban J connectivity index is 0.00000169. The summed E-state index contributed by atoms with van der Waals surface area (Å²) in [6, 6.07) is 5.97. The van der Waals surface area contributed by atoms with Crippen LogP contribution in [0.2, 0.25) is 0 Å². The van der Waals surface area contributed by atoms with Crippen molar-refractivity contribution in [3.05, 3.63) is 23.8 Å². The number of carbonyl (C=O) groups excluding carboxylic acids is 1. The van der Waals surface area contributed by atoms with E-state index in [1.807, 2.05) is 39.2 Å². The molecule has 1 atom stereocenters. The quantitative estimate of drug-likeness (QED) is 0.765. The van der Waals surface area contributed by atoms with Crippen LogP contribution in [0.25, 0.3) is 0 Å². The summed E-state index contributed by atoms with van der Waals surface area (Å²) in [4.78, 5) is 14.8. The molecular weight excluding hydrogens is 373 g/mol. The molecule has 1 saturated heterocycles. The lowest BCUT2D eigenvalue weighted by molar-refractivity contribution is -0.118. The van der Waals surface area contributed by atoms with Crippen LogP contribution in [0.1, 0.15) is 24.8 Å². The summed E-state index contributed by atoms with van der Waals surface area (Å²) in [6.45, 7) is 5.56. The van der Waals surface area contributed by atoms with Gasteiger partial charge in [-0.1, -0.05) is 6.07 Å².